The molecule has 2 aromatic heterocycles. The molecule has 3 aromatic rings. The zero-order valence-corrected chi connectivity index (χ0v) is 11.6. The van der Waals surface area contributed by atoms with Gasteiger partial charge in [-0.2, -0.15) is 0 Å². The van der Waals surface area contributed by atoms with Crippen LogP contribution in [-0.4, -0.2) is 21.0 Å². The number of pyridine rings is 1. The van der Waals surface area contributed by atoms with Crippen LogP contribution in [-0.2, 0) is 0 Å². The van der Waals surface area contributed by atoms with E-state index in [4.69, 9.17) is 5.11 Å². The molecule has 2 N–H and O–H groups in total. The summed E-state index contributed by atoms with van der Waals surface area (Å²) >= 11 is 0. The summed E-state index contributed by atoms with van der Waals surface area (Å²) in [5.74, 6) is -0.971. The first-order valence-electron chi connectivity index (χ1n) is 6.92. The van der Waals surface area contributed by atoms with E-state index in [0.29, 0.717) is 0 Å². The number of H-pyrrole nitrogens is 1. The van der Waals surface area contributed by atoms with Crippen molar-refractivity contribution in [2.75, 3.05) is 0 Å². The van der Waals surface area contributed by atoms with Gasteiger partial charge in [-0.3, -0.25) is 4.98 Å². The second kappa shape index (κ2) is 4.70. The van der Waals surface area contributed by atoms with Crippen LogP contribution in [0.1, 0.15) is 21.5 Å². The van der Waals surface area contributed by atoms with Crippen LogP contribution in [0.25, 0.3) is 34.3 Å². The van der Waals surface area contributed by atoms with Gasteiger partial charge < -0.3 is 10.1 Å². The molecule has 0 aliphatic heterocycles. The molecule has 0 spiro atoms. The Hall–Kier alpha value is -3.14. The quantitative estimate of drug-likeness (QED) is 0.712. The Kier molecular flexibility index (Phi) is 2.69. The fraction of sp³-hybridized carbons (Fsp3) is 0. The molecule has 0 atom stereocenters. The van der Waals surface area contributed by atoms with Crippen LogP contribution in [0.2, 0.25) is 0 Å². The van der Waals surface area contributed by atoms with Crippen molar-refractivity contribution >= 4 is 29.0 Å². The summed E-state index contributed by atoms with van der Waals surface area (Å²) in [6.07, 6.45) is 11.1. The molecule has 0 bridgehead atoms. The highest BCUT2D eigenvalue weighted by atomic mass is 16.4. The molecule has 1 aromatic carbocycles. The minimum Gasteiger partial charge on any atom is -0.478 e. The summed E-state index contributed by atoms with van der Waals surface area (Å²) in [6.45, 7) is 0. The van der Waals surface area contributed by atoms with Crippen LogP contribution >= 0.6 is 0 Å². The van der Waals surface area contributed by atoms with E-state index in [0.717, 1.165) is 33.3 Å². The Morgan fingerprint density at radius 1 is 1.09 bits per heavy atom. The lowest BCUT2D eigenvalue weighted by atomic mass is 9.95. The lowest BCUT2D eigenvalue weighted by molar-refractivity contribution is 0.0696. The van der Waals surface area contributed by atoms with Gasteiger partial charge in [-0.15, -0.1) is 0 Å². The highest BCUT2D eigenvalue weighted by Crippen LogP contribution is 2.32. The number of nitrogens with zero attached hydrogens (tertiary/aromatic N) is 1. The van der Waals surface area contributed by atoms with Gasteiger partial charge in [-0.25, -0.2) is 4.79 Å². The molecule has 106 valence electrons. The summed E-state index contributed by atoms with van der Waals surface area (Å²) in [5, 5.41) is 10.3. The van der Waals surface area contributed by atoms with Crippen molar-refractivity contribution in [1.82, 2.24) is 9.97 Å². The zero-order chi connectivity index (χ0) is 15.1. The van der Waals surface area contributed by atoms with E-state index in [2.05, 4.69) is 22.1 Å². The fourth-order valence-corrected chi connectivity index (χ4v) is 2.73. The standard InChI is InChI=1S/C18H12N2O2/c21-18(22)14-8-13-4-2-1-3-11-7-12-5-6-19-16(12)9-15(11)17(13)20-10-14/h1-10,19H,(H,21,22)/b2-1?,3-1-,4-2-,11-3?,13-4?,17-15?. The molecule has 4 heteroatoms. The molecular weight excluding hydrogens is 276 g/mol. The van der Waals surface area contributed by atoms with E-state index < -0.39 is 5.97 Å². The number of aromatic carboxylic acids is 1. The third-order valence-corrected chi connectivity index (χ3v) is 3.81. The molecule has 0 saturated heterocycles. The maximum absolute atomic E-state index is 11.1. The van der Waals surface area contributed by atoms with Crippen molar-refractivity contribution in [2.45, 2.75) is 0 Å². The first kappa shape index (κ1) is 12.6. The molecule has 4 nitrogen and oxygen atoms in total. The predicted molar refractivity (Wildman–Crippen MR) is 86.6 cm³/mol. The molecule has 0 saturated carbocycles. The number of rotatable bonds is 1. The fourth-order valence-electron chi connectivity index (χ4n) is 2.73. The highest BCUT2D eigenvalue weighted by Gasteiger charge is 2.14. The minimum absolute atomic E-state index is 0.190. The molecule has 0 fully saturated rings. The number of aromatic nitrogens is 2. The number of carboxylic acid groups (broad SMARTS) is 1. The van der Waals surface area contributed by atoms with Gasteiger partial charge in [0.05, 0.1) is 11.3 Å². The Labute approximate surface area is 126 Å². The number of hydrogen-bond donors (Lipinski definition) is 2. The van der Waals surface area contributed by atoms with Crippen LogP contribution in [0.4, 0.5) is 0 Å². The summed E-state index contributed by atoms with van der Waals surface area (Å²) in [7, 11) is 0. The van der Waals surface area contributed by atoms with Gasteiger partial charge in [-0.1, -0.05) is 24.3 Å². The van der Waals surface area contributed by atoms with Crippen molar-refractivity contribution in [3.8, 4) is 11.3 Å². The zero-order valence-electron chi connectivity index (χ0n) is 11.6. The third-order valence-electron chi connectivity index (χ3n) is 3.81. The molecule has 4 rings (SSSR count). The van der Waals surface area contributed by atoms with E-state index >= 15 is 0 Å². The van der Waals surface area contributed by atoms with Crippen molar-refractivity contribution in [2.24, 2.45) is 0 Å². The summed E-state index contributed by atoms with van der Waals surface area (Å²) < 4.78 is 0. The third kappa shape index (κ3) is 1.93. The van der Waals surface area contributed by atoms with Gasteiger partial charge in [0, 0.05) is 29.0 Å². The van der Waals surface area contributed by atoms with Crippen molar-refractivity contribution in [3.63, 3.8) is 0 Å². The maximum atomic E-state index is 11.1. The predicted octanol–water partition coefficient (Wildman–Crippen LogP) is 3.97. The molecule has 1 aliphatic rings. The molecule has 0 amide bonds. The van der Waals surface area contributed by atoms with Gasteiger partial charge in [0.2, 0.25) is 0 Å². The normalized spacial score (nSPS) is 15.5. The van der Waals surface area contributed by atoms with Crippen molar-refractivity contribution in [1.29, 1.82) is 0 Å². The van der Waals surface area contributed by atoms with Crippen LogP contribution in [0.15, 0.2) is 48.8 Å². The van der Waals surface area contributed by atoms with Crippen LogP contribution in [0.3, 0.4) is 0 Å². The van der Waals surface area contributed by atoms with Gasteiger partial charge in [0.25, 0.3) is 0 Å². The van der Waals surface area contributed by atoms with Gasteiger partial charge >= 0.3 is 5.97 Å². The molecular formula is C18H12N2O2. The van der Waals surface area contributed by atoms with E-state index in [1.165, 1.54) is 6.20 Å². The number of hydrogen-bond acceptors (Lipinski definition) is 2. The van der Waals surface area contributed by atoms with E-state index in [-0.39, 0.29) is 5.56 Å². The first-order valence-corrected chi connectivity index (χ1v) is 6.92. The topological polar surface area (TPSA) is 66.0 Å². The van der Waals surface area contributed by atoms with Crippen LogP contribution in [0.5, 0.6) is 0 Å². The number of aromatic amines is 1. The average Bonchev–Trinajstić information content (AvgIpc) is 2.95. The van der Waals surface area contributed by atoms with E-state index in [1.807, 2.05) is 36.6 Å². The van der Waals surface area contributed by atoms with Gasteiger partial charge in [-0.05, 0) is 35.2 Å². The molecule has 22 heavy (non-hydrogen) atoms. The number of carbonyl (C=O) groups is 1. The number of fused-ring (bicyclic) bond motifs is 4. The van der Waals surface area contributed by atoms with E-state index in [1.54, 1.807) is 6.07 Å². The largest absolute Gasteiger partial charge is 0.478 e. The first-order chi connectivity index (χ1) is 10.7. The van der Waals surface area contributed by atoms with E-state index in [9.17, 15) is 4.79 Å². The molecule has 0 unspecified atom stereocenters. The SMILES string of the molecule is O=C(O)c1cnc2c(c1)/C=C\C=C/c1cc3cc[nH]c3cc1-2. The monoisotopic (exact) mass is 288 g/mol. The number of nitrogens with one attached hydrogen (secondary N) is 1. The maximum Gasteiger partial charge on any atom is 0.337 e. The molecule has 0 radical (unpaired) electrons. The summed E-state index contributed by atoms with van der Waals surface area (Å²) in [6, 6.07) is 7.84. The van der Waals surface area contributed by atoms with Crippen molar-refractivity contribution in [3.05, 3.63) is 65.5 Å². The Bertz CT molecular complexity index is 964. The summed E-state index contributed by atoms with van der Waals surface area (Å²) in [5.41, 5.74) is 4.87. The lowest BCUT2D eigenvalue weighted by Gasteiger charge is -2.12. The highest BCUT2D eigenvalue weighted by molar-refractivity contribution is 5.94. The number of allylic oxidation sites excluding steroid dienone is 2. The van der Waals surface area contributed by atoms with Crippen LogP contribution in [0, 0.1) is 0 Å². The minimum atomic E-state index is -0.971. The molecule has 2 heterocycles. The Morgan fingerprint density at radius 3 is 2.73 bits per heavy atom. The number of carboxylic acids is 1. The second-order valence-electron chi connectivity index (χ2n) is 5.19. The smallest absolute Gasteiger partial charge is 0.337 e. The van der Waals surface area contributed by atoms with Gasteiger partial charge in [0.15, 0.2) is 0 Å². The summed E-state index contributed by atoms with van der Waals surface area (Å²) in [4.78, 5) is 18.7. The molecule has 1 aliphatic carbocycles. The Balaban J connectivity index is 2.03. The lowest BCUT2D eigenvalue weighted by Crippen LogP contribution is -2.00. The average molecular weight is 288 g/mol. The Morgan fingerprint density at radius 2 is 1.91 bits per heavy atom. The number of benzene rings is 1. The van der Waals surface area contributed by atoms with Crippen LogP contribution < -0.4 is 0 Å². The van der Waals surface area contributed by atoms with Crippen molar-refractivity contribution < 1.29 is 9.90 Å². The van der Waals surface area contributed by atoms with Gasteiger partial charge in [0.1, 0.15) is 0 Å². The second-order valence-corrected chi connectivity index (χ2v) is 5.19.